The minimum Gasteiger partial charge on any atom is -0.497 e. The highest BCUT2D eigenvalue weighted by atomic mass is 19.4. The highest BCUT2D eigenvalue weighted by Gasteiger charge is 2.32. The van der Waals surface area contributed by atoms with Crippen molar-refractivity contribution in [3.63, 3.8) is 0 Å². The summed E-state index contributed by atoms with van der Waals surface area (Å²) < 4.78 is 49.1. The number of nitrogens with one attached hydrogen (secondary N) is 2. The van der Waals surface area contributed by atoms with Gasteiger partial charge in [-0.15, -0.1) is 0 Å². The number of hydrogen-bond acceptors (Lipinski definition) is 6. The second kappa shape index (κ2) is 12.0. The van der Waals surface area contributed by atoms with Crippen molar-refractivity contribution in [3.05, 3.63) is 113 Å². The zero-order chi connectivity index (χ0) is 31.6. The lowest BCUT2D eigenvalue weighted by atomic mass is 10.1. The van der Waals surface area contributed by atoms with Gasteiger partial charge in [-0.1, -0.05) is 18.2 Å². The number of benzene rings is 3. The molecular formula is C31H28F3N7O3. The first-order chi connectivity index (χ1) is 20.9. The number of aromatic nitrogens is 4. The molecule has 2 amide bonds. The second-order valence-corrected chi connectivity index (χ2v) is 10.1. The number of carbonyl (C=O) groups excluding carboxylic acids is 2. The number of carbonyl (C=O) groups is 2. The molecule has 0 spiro atoms. The van der Waals surface area contributed by atoms with E-state index in [0.29, 0.717) is 29.2 Å². The zero-order valence-electron chi connectivity index (χ0n) is 23.9. The molecule has 0 bridgehead atoms. The molecule has 0 saturated heterocycles. The van der Waals surface area contributed by atoms with Crippen molar-refractivity contribution < 1.29 is 27.5 Å². The number of hydrogen-bond donors (Lipinski definition) is 3. The predicted molar refractivity (Wildman–Crippen MR) is 159 cm³/mol. The molecule has 5 rings (SSSR count). The van der Waals surface area contributed by atoms with Crippen LogP contribution >= 0.6 is 0 Å². The molecular weight excluding hydrogens is 575 g/mol. The van der Waals surface area contributed by atoms with Crippen LogP contribution < -0.4 is 21.1 Å². The number of ether oxygens (including phenoxy) is 1. The second-order valence-electron chi connectivity index (χ2n) is 10.1. The molecule has 226 valence electrons. The van der Waals surface area contributed by atoms with E-state index >= 15 is 0 Å². The number of nitrogens with zero attached hydrogens (tertiary/aromatic N) is 4. The van der Waals surface area contributed by atoms with Crippen LogP contribution in [0.3, 0.4) is 0 Å². The average molecular weight is 604 g/mol. The SMILES string of the molecule is COc1ccc(Cn2ncc(NC(=O)c3cc(NC(=O)c4cc(-n5cnc(C)c5)cc(C(F)(F)F)c4)ccc3C)c2N)cc1. The molecule has 0 aliphatic heterocycles. The molecule has 0 radical (unpaired) electrons. The van der Waals surface area contributed by atoms with Gasteiger partial charge in [-0.2, -0.15) is 18.3 Å². The van der Waals surface area contributed by atoms with Crippen molar-refractivity contribution in [2.24, 2.45) is 0 Å². The average Bonchev–Trinajstić information content (AvgIpc) is 3.58. The van der Waals surface area contributed by atoms with Crippen molar-refractivity contribution >= 4 is 29.0 Å². The van der Waals surface area contributed by atoms with Crippen LogP contribution in [0.25, 0.3) is 5.69 Å². The molecule has 0 aliphatic carbocycles. The maximum atomic E-state index is 13.7. The van der Waals surface area contributed by atoms with Gasteiger partial charge in [0.25, 0.3) is 11.8 Å². The first-order valence-electron chi connectivity index (χ1n) is 13.3. The van der Waals surface area contributed by atoms with Crippen LogP contribution in [0.2, 0.25) is 0 Å². The van der Waals surface area contributed by atoms with E-state index in [-0.39, 0.29) is 28.3 Å². The van der Waals surface area contributed by atoms with Crippen LogP contribution in [-0.4, -0.2) is 38.3 Å². The summed E-state index contributed by atoms with van der Waals surface area (Å²) >= 11 is 0. The Morgan fingerprint density at radius 1 is 0.977 bits per heavy atom. The predicted octanol–water partition coefficient (Wildman–Crippen LogP) is 5.85. The molecule has 2 heterocycles. The molecule has 0 aliphatic rings. The number of imidazole rings is 1. The van der Waals surface area contributed by atoms with Crippen LogP contribution in [0.4, 0.5) is 30.4 Å². The number of rotatable bonds is 8. The van der Waals surface area contributed by atoms with Gasteiger partial charge in [0.15, 0.2) is 0 Å². The van der Waals surface area contributed by atoms with E-state index in [2.05, 4.69) is 20.7 Å². The van der Waals surface area contributed by atoms with Crippen LogP contribution in [0.1, 0.15) is 43.1 Å². The molecule has 3 aromatic carbocycles. The summed E-state index contributed by atoms with van der Waals surface area (Å²) in [7, 11) is 1.58. The van der Waals surface area contributed by atoms with Gasteiger partial charge in [-0.25, -0.2) is 9.67 Å². The number of alkyl halides is 3. The smallest absolute Gasteiger partial charge is 0.416 e. The fraction of sp³-hybridized carbons (Fsp3) is 0.161. The molecule has 10 nitrogen and oxygen atoms in total. The van der Waals surface area contributed by atoms with Gasteiger partial charge in [0.2, 0.25) is 0 Å². The minimum atomic E-state index is -4.68. The van der Waals surface area contributed by atoms with Crippen molar-refractivity contribution in [2.45, 2.75) is 26.6 Å². The maximum Gasteiger partial charge on any atom is 0.416 e. The fourth-order valence-electron chi connectivity index (χ4n) is 4.48. The summed E-state index contributed by atoms with van der Waals surface area (Å²) in [6.45, 7) is 3.78. The van der Waals surface area contributed by atoms with Crippen molar-refractivity contribution in [1.82, 2.24) is 19.3 Å². The molecule has 13 heteroatoms. The number of halogens is 3. The standard InChI is InChI=1S/C31H28F3N7O3/c1-18-4-7-23(38-29(42)21-10-22(31(32,33)34)12-24(11-21)40-15-19(2)36-17-40)13-26(18)30(43)39-27-14-37-41(28(27)35)16-20-5-8-25(44-3)9-6-20/h4-15,17H,16,35H2,1-3H3,(H,38,42)(H,39,43). The van der Waals surface area contributed by atoms with Gasteiger partial charge in [-0.05, 0) is 67.4 Å². The molecule has 0 unspecified atom stereocenters. The third-order valence-electron chi connectivity index (χ3n) is 6.88. The Balaban J connectivity index is 1.34. The van der Waals surface area contributed by atoms with E-state index in [1.807, 2.05) is 24.3 Å². The Bertz CT molecular complexity index is 1840. The van der Waals surface area contributed by atoms with Gasteiger partial charge in [0.1, 0.15) is 17.3 Å². The number of methoxy groups -OCH3 is 1. The van der Waals surface area contributed by atoms with Crippen LogP contribution in [-0.2, 0) is 12.7 Å². The monoisotopic (exact) mass is 603 g/mol. The lowest BCUT2D eigenvalue weighted by Gasteiger charge is -2.14. The largest absolute Gasteiger partial charge is 0.497 e. The Kier molecular flexibility index (Phi) is 8.12. The normalized spacial score (nSPS) is 11.3. The number of anilines is 3. The molecule has 0 atom stereocenters. The van der Waals surface area contributed by atoms with Crippen LogP contribution in [0, 0.1) is 13.8 Å². The molecule has 2 aromatic heterocycles. The lowest BCUT2D eigenvalue weighted by Crippen LogP contribution is -2.17. The third kappa shape index (κ3) is 6.56. The highest BCUT2D eigenvalue weighted by Crippen LogP contribution is 2.32. The van der Waals surface area contributed by atoms with Crippen molar-refractivity contribution in [1.29, 1.82) is 0 Å². The number of nitrogens with two attached hydrogens (primary N) is 1. The van der Waals surface area contributed by atoms with Gasteiger partial charge >= 0.3 is 6.18 Å². The third-order valence-corrected chi connectivity index (χ3v) is 6.88. The lowest BCUT2D eigenvalue weighted by molar-refractivity contribution is -0.137. The Hall–Kier alpha value is -5.59. The Morgan fingerprint density at radius 2 is 1.73 bits per heavy atom. The highest BCUT2D eigenvalue weighted by molar-refractivity contribution is 6.09. The van der Waals surface area contributed by atoms with Gasteiger partial charge in [-0.3, -0.25) is 9.59 Å². The number of amides is 2. The van der Waals surface area contributed by atoms with Crippen LogP contribution in [0.5, 0.6) is 5.75 Å². The molecule has 0 fully saturated rings. The van der Waals surface area contributed by atoms with E-state index in [4.69, 9.17) is 10.5 Å². The summed E-state index contributed by atoms with van der Waals surface area (Å²) in [5, 5.41) is 9.61. The quantitative estimate of drug-likeness (QED) is 0.204. The first-order valence-corrected chi connectivity index (χ1v) is 13.3. The summed E-state index contributed by atoms with van der Waals surface area (Å²) in [4.78, 5) is 30.4. The molecule has 5 aromatic rings. The van der Waals surface area contributed by atoms with Crippen molar-refractivity contribution in [2.75, 3.05) is 23.5 Å². The Labute approximate surface area is 250 Å². The molecule has 0 saturated carbocycles. The zero-order valence-corrected chi connectivity index (χ0v) is 23.9. The molecule has 4 N–H and O–H groups in total. The van der Waals surface area contributed by atoms with E-state index in [1.165, 1.54) is 33.9 Å². The van der Waals surface area contributed by atoms with Gasteiger partial charge in [0.05, 0.1) is 37.4 Å². The first kappa shape index (κ1) is 29.9. The van der Waals surface area contributed by atoms with E-state index in [0.717, 1.165) is 17.7 Å². The van der Waals surface area contributed by atoms with E-state index in [1.54, 1.807) is 39.3 Å². The summed E-state index contributed by atoms with van der Waals surface area (Å²) in [6.07, 6.45) is -0.324. The summed E-state index contributed by atoms with van der Waals surface area (Å²) in [6, 6.07) is 15.0. The van der Waals surface area contributed by atoms with E-state index in [9.17, 15) is 22.8 Å². The summed E-state index contributed by atoms with van der Waals surface area (Å²) in [5.74, 6) is -0.336. The minimum absolute atomic E-state index is 0.125. The number of aryl methyl sites for hydroxylation is 2. The Morgan fingerprint density at radius 3 is 2.39 bits per heavy atom. The van der Waals surface area contributed by atoms with Crippen molar-refractivity contribution in [3.8, 4) is 11.4 Å². The van der Waals surface area contributed by atoms with Crippen LogP contribution in [0.15, 0.2) is 79.4 Å². The summed E-state index contributed by atoms with van der Waals surface area (Å²) in [5.41, 5.74) is 8.03. The number of nitrogen functional groups attached to an aromatic ring is 1. The maximum absolute atomic E-state index is 13.7. The van der Waals surface area contributed by atoms with Gasteiger partial charge in [0, 0.05) is 28.7 Å². The topological polar surface area (TPSA) is 129 Å². The van der Waals surface area contributed by atoms with E-state index < -0.39 is 23.6 Å². The van der Waals surface area contributed by atoms with Gasteiger partial charge < -0.3 is 25.7 Å². The molecule has 44 heavy (non-hydrogen) atoms. The fourth-order valence-corrected chi connectivity index (χ4v) is 4.48.